The summed E-state index contributed by atoms with van der Waals surface area (Å²) in [4.78, 5) is 7.59. The van der Waals surface area contributed by atoms with E-state index in [1.54, 1.807) is 7.11 Å². The Labute approximate surface area is 318 Å². The van der Waals surface area contributed by atoms with Gasteiger partial charge in [-0.15, -0.1) is 0 Å². The summed E-state index contributed by atoms with van der Waals surface area (Å²) in [6, 6.07) is 5.11. The maximum Gasteiger partial charge on any atom is 0.137 e. The van der Waals surface area contributed by atoms with Gasteiger partial charge in [0.15, 0.2) is 0 Å². The summed E-state index contributed by atoms with van der Waals surface area (Å²) >= 11 is 0. The number of nitrogens with one attached hydrogen (secondary N) is 6. The summed E-state index contributed by atoms with van der Waals surface area (Å²) in [5, 5.41) is 21.8. The van der Waals surface area contributed by atoms with Gasteiger partial charge in [0.2, 0.25) is 0 Å². The van der Waals surface area contributed by atoms with Crippen LogP contribution in [-0.4, -0.2) is 158 Å². The van der Waals surface area contributed by atoms with Gasteiger partial charge in [0.25, 0.3) is 0 Å². The van der Waals surface area contributed by atoms with E-state index in [4.69, 9.17) is 18.9 Å². The highest BCUT2D eigenvalue weighted by Gasteiger charge is 2.43. The molecule has 6 aliphatic rings. The molecule has 6 N–H and O–H groups in total. The van der Waals surface area contributed by atoms with Crippen molar-refractivity contribution in [3.05, 3.63) is 23.3 Å². The zero-order valence-corrected chi connectivity index (χ0v) is 32.8. The van der Waals surface area contributed by atoms with Crippen LogP contribution in [0.4, 0.5) is 5.69 Å². The maximum atomic E-state index is 6.66. The highest BCUT2D eigenvalue weighted by molar-refractivity contribution is 5.65. The van der Waals surface area contributed by atoms with Crippen LogP contribution >= 0.6 is 0 Å². The SMILES string of the molecule is CNC1CC(C2CCOCC2)c2cc(OC)c(C#CCN3CCC(N4CC(NC5NCCC(NC)N5)CC(OCCCN5CCC5)C4OC)C3)cc2N1. The summed E-state index contributed by atoms with van der Waals surface area (Å²) < 4.78 is 24.6. The number of methoxy groups -OCH3 is 2. The molecule has 8 unspecified atom stereocenters. The van der Waals surface area contributed by atoms with Crippen molar-refractivity contribution < 1.29 is 18.9 Å². The summed E-state index contributed by atoms with van der Waals surface area (Å²) in [6.45, 7) is 10.7. The average molecular weight is 738 g/mol. The monoisotopic (exact) mass is 738 g/mol. The molecule has 8 atom stereocenters. The lowest BCUT2D eigenvalue weighted by Crippen LogP contribution is -2.69. The molecule has 296 valence electrons. The fourth-order valence-electron chi connectivity index (χ4n) is 9.52. The highest BCUT2D eigenvalue weighted by atomic mass is 16.5. The first-order valence-electron chi connectivity index (χ1n) is 20.5. The van der Waals surface area contributed by atoms with Crippen molar-refractivity contribution in [3.8, 4) is 17.6 Å². The predicted octanol–water partition coefficient (Wildman–Crippen LogP) is 1.52. The van der Waals surface area contributed by atoms with Gasteiger partial charge in [-0.3, -0.25) is 25.8 Å². The summed E-state index contributed by atoms with van der Waals surface area (Å²) in [6.07, 6.45) is 9.29. The third-order valence-corrected chi connectivity index (χ3v) is 12.7. The number of piperidine rings is 1. The van der Waals surface area contributed by atoms with Crippen LogP contribution in [0.3, 0.4) is 0 Å². The summed E-state index contributed by atoms with van der Waals surface area (Å²) in [5.41, 5.74) is 3.47. The molecule has 53 heavy (non-hydrogen) atoms. The average Bonchev–Trinajstić information content (AvgIpc) is 3.65. The molecule has 6 aliphatic heterocycles. The van der Waals surface area contributed by atoms with Crippen LogP contribution in [0.2, 0.25) is 0 Å². The Morgan fingerprint density at radius 1 is 0.962 bits per heavy atom. The normalized spacial score (nSPS) is 33.1. The van der Waals surface area contributed by atoms with E-state index >= 15 is 0 Å². The number of likely N-dealkylation sites (tertiary alicyclic amines) is 3. The van der Waals surface area contributed by atoms with Crippen molar-refractivity contribution >= 4 is 5.69 Å². The van der Waals surface area contributed by atoms with Gasteiger partial charge in [0.1, 0.15) is 18.3 Å². The van der Waals surface area contributed by atoms with Crippen molar-refractivity contribution in [3.63, 3.8) is 0 Å². The van der Waals surface area contributed by atoms with Gasteiger partial charge in [0.05, 0.1) is 37.7 Å². The van der Waals surface area contributed by atoms with E-state index in [1.807, 2.05) is 21.2 Å². The van der Waals surface area contributed by atoms with Gasteiger partial charge < -0.3 is 39.8 Å². The highest BCUT2D eigenvalue weighted by Crippen LogP contribution is 2.44. The molecule has 5 fully saturated rings. The summed E-state index contributed by atoms with van der Waals surface area (Å²) in [7, 11) is 7.69. The Bertz CT molecular complexity index is 1370. The largest absolute Gasteiger partial charge is 0.495 e. The van der Waals surface area contributed by atoms with Crippen LogP contribution in [0.25, 0.3) is 0 Å². The molecule has 0 radical (unpaired) electrons. The fourth-order valence-corrected chi connectivity index (χ4v) is 9.52. The molecule has 0 saturated carbocycles. The second-order valence-electron chi connectivity index (χ2n) is 16.0. The zero-order chi connectivity index (χ0) is 36.6. The quantitative estimate of drug-likeness (QED) is 0.123. The van der Waals surface area contributed by atoms with Crippen LogP contribution < -0.4 is 36.6 Å². The van der Waals surface area contributed by atoms with Crippen molar-refractivity contribution in [2.24, 2.45) is 5.92 Å². The second-order valence-corrected chi connectivity index (χ2v) is 16.0. The number of nitrogens with zero attached hydrogens (tertiary/aromatic N) is 3. The molecular weight excluding hydrogens is 670 g/mol. The van der Waals surface area contributed by atoms with E-state index < -0.39 is 0 Å². The molecule has 0 bridgehead atoms. The van der Waals surface area contributed by atoms with Gasteiger partial charge in [-0.2, -0.15) is 0 Å². The Hall–Kier alpha value is -2.06. The molecule has 0 aliphatic carbocycles. The Morgan fingerprint density at radius 2 is 1.81 bits per heavy atom. The topological polar surface area (TPSA) is 119 Å². The first-order chi connectivity index (χ1) is 26.0. The van der Waals surface area contributed by atoms with E-state index in [1.165, 1.54) is 30.8 Å². The van der Waals surface area contributed by atoms with E-state index in [9.17, 15) is 0 Å². The summed E-state index contributed by atoms with van der Waals surface area (Å²) in [5.74, 6) is 9.00. The number of fused-ring (bicyclic) bond motifs is 1. The third kappa shape index (κ3) is 9.85. The molecule has 13 nitrogen and oxygen atoms in total. The van der Waals surface area contributed by atoms with Crippen LogP contribution in [0.1, 0.15) is 68.4 Å². The smallest absolute Gasteiger partial charge is 0.137 e. The van der Waals surface area contributed by atoms with Crippen molar-refractivity contribution in [1.82, 2.24) is 41.3 Å². The van der Waals surface area contributed by atoms with Gasteiger partial charge in [-0.25, -0.2) is 0 Å². The lowest BCUT2D eigenvalue weighted by molar-refractivity contribution is -0.169. The van der Waals surface area contributed by atoms with Crippen molar-refractivity contribution in [2.75, 3.05) is 106 Å². The van der Waals surface area contributed by atoms with Crippen LogP contribution in [0.15, 0.2) is 12.1 Å². The van der Waals surface area contributed by atoms with Gasteiger partial charge >= 0.3 is 0 Å². The number of benzene rings is 1. The van der Waals surface area contributed by atoms with Gasteiger partial charge in [-0.05, 0) is 108 Å². The number of ether oxygens (including phenoxy) is 4. The Kier molecular flexibility index (Phi) is 14.2. The predicted molar refractivity (Wildman–Crippen MR) is 209 cm³/mol. The molecule has 6 heterocycles. The van der Waals surface area contributed by atoms with Crippen LogP contribution in [-0.2, 0) is 14.2 Å². The molecule has 7 rings (SSSR count). The zero-order valence-electron chi connectivity index (χ0n) is 32.8. The van der Waals surface area contributed by atoms with Crippen LogP contribution in [0.5, 0.6) is 5.75 Å². The van der Waals surface area contributed by atoms with E-state index in [2.05, 4.69) is 70.6 Å². The molecule has 5 saturated heterocycles. The third-order valence-electron chi connectivity index (χ3n) is 12.7. The molecule has 0 amide bonds. The molecule has 0 aromatic heterocycles. The van der Waals surface area contributed by atoms with E-state index in [0.717, 1.165) is 115 Å². The van der Waals surface area contributed by atoms with Crippen molar-refractivity contribution in [1.29, 1.82) is 0 Å². The minimum Gasteiger partial charge on any atom is -0.495 e. The fraction of sp³-hybridized carbons (Fsp3) is 0.800. The maximum absolute atomic E-state index is 6.66. The minimum absolute atomic E-state index is 0.0128. The number of anilines is 1. The van der Waals surface area contributed by atoms with E-state index in [0.29, 0.717) is 24.0 Å². The van der Waals surface area contributed by atoms with Crippen LogP contribution in [0, 0.1) is 17.8 Å². The van der Waals surface area contributed by atoms with E-state index in [-0.39, 0.29) is 30.8 Å². The Balaban J connectivity index is 1.00. The van der Waals surface area contributed by atoms with Gasteiger partial charge in [-0.1, -0.05) is 11.8 Å². The Morgan fingerprint density at radius 3 is 2.57 bits per heavy atom. The lowest BCUT2D eigenvalue weighted by atomic mass is 9.76. The standard InChI is InChI=1S/C40H67N9O4/c1-41-37-9-13-43-40(46-37)44-30-23-36(53-19-7-17-47-15-6-16-47)39(51-4)49(26-30)31-10-18-48(27-31)14-5-8-29-22-34-33(24-35(29)50-3)32(25-38(42-2)45-34)28-11-20-52-21-12-28/h22,24,28,30-32,36-46H,6-7,9-21,23,25-27H2,1-4H3. The first-order valence-corrected chi connectivity index (χ1v) is 20.5. The minimum atomic E-state index is -0.0657. The van der Waals surface area contributed by atoms with Gasteiger partial charge in [0, 0.05) is 77.4 Å². The van der Waals surface area contributed by atoms with Crippen molar-refractivity contribution in [2.45, 2.75) is 100 Å². The molecule has 13 heteroatoms. The number of rotatable bonds is 14. The lowest BCUT2D eigenvalue weighted by Gasteiger charge is -2.47. The number of hydrogen-bond acceptors (Lipinski definition) is 13. The number of hydrogen-bond donors (Lipinski definition) is 6. The molecule has 0 spiro atoms. The first kappa shape index (κ1) is 39.2. The molecular formula is C40H67N9O4. The molecule has 1 aromatic carbocycles. The molecule has 1 aromatic rings. The second kappa shape index (κ2) is 19.2.